The summed E-state index contributed by atoms with van der Waals surface area (Å²) in [6.45, 7) is 0. The maximum atomic E-state index is 15.5. The molecule has 1 atom stereocenters. The smallest absolute Gasteiger partial charge is 0.254 e. The Kier molecular flexibility index (Phi) is 4.60. The van der Waals surface area contributed by atoms with Crippen LogP contribution in [0.5, 0.6) is 0 Å². The van der Waals surface area contributed by atoms with Crippen molar-refractivity contribution in [3.05, 3.63) is 99.1 Å². The van der Waals surface area contributed by atoms with Crippen molar-refractivity contribution < 1.29 is 9.18 Å². The van der Waals surface area contributed by atoms with E-state index in [0.717, 1.165) is 35.2 Å². The molecule has 2 N–H and O–H groups in total. The summed E-state index contributed by atoms with van der Waals surface area (Å²) in [4.78, 5) is 39.5. The number of aromatic amines is 1. The van der Waals surface area contributed by atoms with Crippen molar-refractivity contribution in [1.29, 1.82) is 0 Å². The van der Waals surface area contributed by atoms with Crippen LogP contribution >= 0.6 is 11.6 Å². The second-order valence-corrected chi connectivity index (χ2v) is 11.2. The summed E-state index contributed by atoms with van der Waals surface area (Å²) in [6.07, 6.45) is 10.5. The van der Waals surface area contributed by atoms with E-state index in [1.165, 1.54) is 6.07 Å². The van der Waals surface area contributed by atoms with E-state index >= 15 is 4.39 Å². The third-order valence-electron chi connectivity index (χ3n) is 8.39. The molecule has 2 aliphatic heterocycles. The molecule has 1 spiro atoms. The molecule has 0 unspecified atom stereocenters. The summed E-state index contributed by atoms with van der Waals surface area (Å²) in [6, 6.07) is 8.33. The molecule has 10 heteroatoms. The highest BCUT2D eigenvalue weighted by atomic mass is 35.5. The van der Waals surface area contributed by atoms with Gasteiger partial charge in [-0.1, -0.05) is 17.7 Å². The van der Waals surface area contributed by atoms with Gasteiger partial charge in [0.1, 0.15) is 11.6 Å². The fraction of sp³-hybridized carbons (Fsp3) is 0.241. The molecule has 0 saturated heterocycles. The fourth-order valence-corrected chi connectivity index (χ4v) is 6.46. The van der Waals surface area contributed by atoms with Crippen molar-refractivity contribution in [3.8, 4) is 22.4 Å². The van der Waals surface area contributed by atoms with Crippen LogP contribution in [0.4, 0.5) is 4.39 Å². The number of pyridine rings is 2. The normalized spacial score (nSPS) is 18.8. The molecule has 1 fully saturated rings. The van der Waals surface area contributed by atoms with Crippen LogP contribution in [0.25, 0.3) is 27.9 Å². The van der Waals surface area contributed by atoms with E-state index in [0.29, 0.717) is 41.9 Å². The number of H-pyrrole nitrogens is 1. The Morgan fingerprint density at radius 1 is 1.10 bits per heavy atom. The van der Waals surface area contributed by atoms with E-state index in [1.54, 1.807) is 35.4 Å². The van der Waals surface area contributed by atoms with Gasteiger partial charge < -0.3 is 19.3 Å². The summed E-state index contributed by atoms with van der Waals surface area (Å²) in [7, 11) is 0. The monoisotopic (exact) mass is 540 g/mol. The third-order valence-corrected chi connectivity index (χ3v) is 8.68. The summed E-state index contributed by atoms with van der Waals surface area (Å²) in [5.74, 6) is -0.230. The first kappa shape index (κ1) is 22.7. The largest absolute Gasteiger partial charge is 0.346 e. The Balaban J connectivity index is 1.27. The number of aromatic nitrogens is 5. The number of imidazole rings is 2. The van der Waals surface area contributed by atoms with E-state index in [4.69, 9.17) is 11.6 Å². The molecule has 8 nitrogen and oxygen atoms in total. The molecule has 1 aromatic carbocycles. The molecule has 4 aromatic heterocycles. The summed E-state index contributed by atoms with van der Waals surface area (Å²) >= 11 is 6.19. The van der Waals surface area contributed by atoms with Crippen LogP contribution in [-0.4, -0.2) is 35.4 Å². The SMILES string of the molecule is O=C1NC2(CC2)Cc2ccc(Cl)c(F)c2-c2cc(=O)n3c(c21)CC[C@@H]3c1ncc(-c2ccc3cncn3c2)[nH]1. The van der Waals surface area contributed by atoms with Crippen molar-refractivity contribution >= 4 is 23.0 Å². The molecule has 3 aliphatic rings. The van der Waals surface area contributed by atoms with Crippen molar-refractivity contribution in [1.82, 2.24) is 29.2 Å². The number of nitrogens with zero attached hydrogens (tertiary/aromatic N) is 4. The van der Waals surface area contributed by atoms with E-state index < -0.39 is 5.82 Å². The van der Waals surface area contributed by atoms with Crippen LogP contribution in [0.2, 0.25) is 5.02 Å². The highest BCUT2D eigenvalue weighted by Gasteiger charge is 2.47. The van der Waals surface area contributed by atoms with Gasteiger partial charge in [0.25, 0.3) is 11.5 Å². The van der Waals surface area contributed by atoms with Gasteiger partial charge in [0.15, 0.2) is 0 Å². The molecule has 6 heterocycles. The van der Waals surface area contributed by atoms with Gasteiger partial charge in [-0.3, -0.25) is 9.59 Å². The third kappa shape index (κ3) is 3.35. The Bertz CT molecular complexity index is 1920. The van der Waals surface area contributed by atoms with Crippen LogP contribution in [-0.2, 0) is 12.8 Å². The number of halogens is 2. The Morgan fingerprint density at radius 3 is 2.82 bits per heavy atom. The molecule has 1 saturated carbocycles. The molecular weight excluding hydrogens is 519 g/mol. The van der Waals surface area contributed by atoms with E-state index in [-0.39, 0.29) is 33.6 Å². The summed E-state index contributed by atoms with van der Waals surface area (Å²) in [5, 5.41) is 3.17. The van der Waals surface area contributed by atoms with Gasteiger partial charge in [-0.2, -0.15) is 0 Å². The van der Waals surface area contributed by atoms with Crippen LogP contribution < -0.4 is 10.9 Å². The van der Waals surface area contributed by atoms with Gasteiger partial charge >= 0.3 is 0 Å². The van der Waals surface area contributed by atoms with Gasteiger partial charge in [-0.05, 0) is 55.9 Å². The number of rotatable bonds is 2. The second kappa shape index (κ2) is 7.89. The number of hydrogen-bond acceptors (Lipinski definition) is 4. The Morgan fingerprint density at radius 2 is 1.97 bits per heavy atom. The quantitative estimate of drug-likeness (QED) is 0.339. The van der Waals surface area contributed by atoms with Crippen LogP contribution in [0, 0.1) is 5.82 Å². The molecule has 1 aliphatic carbocycles. The van der Waals surface area contributed by atoms with Gasteiger partial charge in [0, 0.05) is 40.2 Å². The lowest BCUT2D eigenvalue weighted by Crippen LogP contribution is -2.41. The van der Waals surface area contributed by atoms with Crippen LogP contribution in [0.3, 0.4) is 0 Å². The lowest BCUT2D eigenvalue weighted by molar-refractivity contribution is 0.0929. The standard InChI is InChI=1S/C29H22ClFN6O2/c30-19-4-2-15-10-29(7-8-29)35-28(39)25-18(24(15)26(19)31)9-23(38)37-21(25)5-6-22(37)27-33-12-20(34-27)16-1-3-17-11-32-14-36(17)13-16/h1-4,9,11-14,22H,5-8,10H2,(H,33,34)(H,35,39)/t22-/m1/s1. The zero-order valence-corrected chi connectivity index (χ0v) is 21.4. The number of carbonyl (C=O) groups excluding carboxylic acids is 1. The predicted octanol–water partition coefficient (Wildman–Crippen LogP) is 4.70. The zero-order valence-electron chi connectivity index (χ0n) is 20.7. The number of fused-ring (bicyclic) bond motifs is 6. The highest BCUT2D eigenvalue weighted by molar-refractivity contribution is 6.31. The van der Waals surface area contributed by atoms with Crippen molar-refractivity contribution in [2.24, 2.45) is 0 Å². The molecule has 5 aromatic rings. The topological polar surface area (TPSA) is 97.1 Å². The number of benzene rings is 1. The fourth-order valence-electron chi connectivity index (χ4n) is 6.30. The number of amides is 1. The first-order chi connectivity index (χ1) is 18.9. The van der Waals surface area contributed by atoms with E-state index in [9.17, 15) is 9.59 Å². The molecule has 194 valence electrons. The van der Waals surface area contributed by atoms with Crippen molar-refractivity contribution in [2.75, 3.05) is 0 Å². The maximum absolute atomic E-state index is 15.5. The van der Waals surface area contributed by atoms with E-state index in [2.05, 4.69) is 20.3 Å². The van der Waals surface area contributed by atoms with E-state index in [1.807, 2.05) is 22.7 Å². The van der Waals surface area contributed by atoms with Gasteiger partial charge in [0.05, 0.1) is 46.6 Å². The van der Waals surface area contributed by atoms with Gasteiger partial charge in [-0.15, -0.1) is 0 Å². The summed E-state index contributed by atoms with van der Waals surface area (Å²) < 4.78 is 19.1. The molecule has 39 heavy (non-hydrogen) atoms. The lowest BCUT2D eigenvalue weighted by Gasteiger charge is -2.27. The minimum absolute atomic E-state index is 0.0269. The average Bonchev–Trinajstić information content (AvgIpc) is 3.31. The van der Waals surface area contributed by atoms with Crippen LogP contribution in [0.15, 0.2) is 60.0 Å². The zero-order chi connectivity index (χ0) is 26.5. The maximum Gasteiger partial charge on any atom is 0.254 e. The first-order valence-corrected chi connectivity index (χ1v) is 13.3. The highest BCUT2D eigenvalue weighted by Crippen LogP contribution is 2.46. The first-order valence-electron chi connectivity index (χ1n) is 13.0. The van der Waals surface area contributed by atoms with Crippen LogP contribution in [0.1, 0.15) is 52.7 Å². The van der Waals surface area contributed by atoms with Crippen molar-refractivity contribution in [3.63, 3.8) is 0 Å². The number of hydrogen-bond donors (Lipinski definition) is 2. The molecular formula is C29H22ClFN6O2. The molecule has 8 rings (SSSR count). The minimum atomic E-state index is -0.592. The van der Waals surface area contributed by atoms with Gasteiger partial charge in [-0.25, -0.2) is 14.4 Å². The summed E-state index contributed by atoms with van der Waals surface area (Å²) in [5.41, 5.74) is 4.31. The predicted molar refractivity (Wildman–Crippen MR) is 143 cm³/mol. The molecule has 0 bridgehead atoms. The second-order valence-electron chi connectivity index (χ2n) is 10.8. The Labute approximate surface area is 226 Å². The number of nitrogens with one attached hydrogen (secondary N) is 2. The lowest BCUT2D eigenvalue weighted by atomic mass is 9.88. The average molecular weight is 541 g/mol. The minimum Gasteiger partial charge on any atom is -0.346 e. The molecule has 1 amide bonds. The number of carbonyl (C=O) groups is 1. The van der Waals surface area contributed by atoms with Gasteiger partial charge in [0.2, 0.25) is 0 Å². The van der Waals surface area contributed by atoms with Crippen molar-refractivity contribution in [2.45, 2.75) is 43.7 Å². The Hall–Kier alpha value is -4.24. The molecule has 0 radical (unpaired) electrons.